The molecule has 1 rings (SSSR count). The third-order valence-corrected chi connectivity index (χ3v) is 7.54. The number of azide groups is 1. The maximum absolute atomic E-state index is 12.7. The van der Waals surface area contributed by atoms with Crippen LogP contribution >= 0.6 is 0 Å². The molecule has 0 aliphatic rings. The fraction of sp³-hybridized carbons (Fsp3) is 0.780. The zero-order valence-electron chi connectivity index (χ0n) is 36.9. The van der Waals surface area contributed by atoms with E-state index in [-0.39, 0.29) is 38.5 Å². The van der Waals surface area contributed by atoms with E-state index in [1.165, 1.54) is 0 Å². The van der Waals surface area contributed by atoms with Gasteiger partial charge in [0, 0.05) is 24.4 Å². The average molecular weight is 890 g/mol. The molecule has 0 spiro atoms. The molecule has 0 aliphatic heterocycles. The summed E-state index contributed by atoms with van der Waals surface area (Å²) in [6.07, 6.45) is -0.763. The van der Waals surface area contributed by atoms with E-state index in [2.05, 4.69) is 20.7 Å². The van der Waals surface area contributed by atoms with Crippen molar-refractivity contribution in [2.75, 3.05) is 158 Å². The Morgan fingerprint density at radius 2 is 0.984 bits per heavy atom. The first-order chi connectivity index (χ1) is 30.2. The van der Waals surface area contributed by atoms with Gasteiger partial charge in [-0.15, -0.1) is 0 Å². The van der Waals surface area contributed by atoms with Crippen LogP contribution in [-0.4, -0.2) is 188 Å². The molecule has 1 atom stereocenters. The topological polar surface area (TPSA) is 244 Å². The zero-order chi connectivity index (χ0) is 45.0. The Hall–Kier alpha value is -3.70. The van der Waals surface area contributed by atoms with Gasteiger partial charge in [0.2, 0.25) is 5.91 Å². The van der Waals surface area contributed by atoms with Gasteiger partial charge in [-0.05, 0) is 38.3 Å². The number of hydrogen-bond acceptors (Lipinski definition) is 17. The molecule has 0 unspecified atom stereocenters. The van der Waals surface area contributed by atoms with Gasteiger partial charge in [-0.25, -0.2) is 9.59 Å². The highest BCUT2D eigenvalue weighted by atomic mass is 16.6. The van der Waals surface area contributed by atoms with Crippen molar-refractivity contribution in [3.8, 4) is 0 Å². The Labute approximate surface area is 365 Å². The van der Waals surface area contributed by atoms with E-state index in [9.17, 15) is 14.4 Å². The van der Waals surface area contributed by atoms with Crippen molar-refractivity contribution in [2.45, 2.75) is 51.9 Å². The van der Waals surface area contributed by atoms with Gasteiger partial charge in [0.15, 0.2) is 0 Å². The van der Waals surface area contributed by atoms with Crippen LogP contribution in [0.15, 0.2) is 35.4 Å². The SMILES string of the molecule is CC(C)(C)OC(=O)[C@H](CCC(=O)NCCOCCOCCOCCOCCOCCOCCOCCOCCOCCOCCOCCN=[N+]=[N-])NC(=O)OCc1ccccc1. The van der Waals surface area contributed by atoms with Crippen LogP contribution in [0.5, 0.6) is 0 Å². The van der Waals surface area contributed by atoms with E-state index >= 15 is 0 Å². The summed E-state index contributed by atoms with van der Waals surface area (Å²) in [5.41, 5.74) is 8.19. The number of amides is 2. The van der Waals surface area contributed by atoms with E-state index in [0.29, 0.717) is 145 Å². The lowest BCUT2D eigenvalue weighted by Crippen LogP contribution is -2.45. The normalized spacial score (nSPS) is 11.8. The molecule has 1 aromatic rings. The van der Waals surface area contributed by atoms with Crippen molar-refractivity contribution in [3.63, 3.8) is 0 Å². The molecule has 0 fully saturated rings. The Bertz CT molecular complexity index is 1270. The van der Waals surface area contributed by atoms with Crippen molar-refractivity contribution in [1.82, 2.24) is 10.6 Å². The molecule has 0 saturated heterocycles. The van der Waals surface area contributed by atoms with Crippen molar-refractivity contribution in [1.29, 1.82) is 0 Å². The number of benzene rings is 1. The highest BCUT2D eigenvalue weighted by Gasteiger charge is 2.28. The molecule has 2 amide bonds. The van der Waals surface area contributed by atoms with Crippen LogP contribution in [-0.2, 0) is 77.8 Å². The van der Waals surface area contributed by atoms with E-state index in [1.807, 2.05) is 30.3 Å². The summed E-state index contributed by atoms with van der Waals surface area (Å²) in [6, 6.07) is 8.09. The molecule has 0 aromatic heterocycles. The van der Waals surface area contributed by atoms with Gasteiger partial charge in [0.25, 0.3) is 0 Å². The lowest BCUT2D eigenvalue weighted by molar-refractivity contribution is -0.157. The number of alkyl carbamates (subject to hydrolysis) is 1. The first-order valence-electron chi connectivity index (χ1n) is 21.0. The number of carbonyl (C=O) groups excluding carboxylic acids is 3. The second-order valence-electron chi connectivity index (χ2n) is 13.9. The third kappa shape index (κ3) is 39.2. The summed E-state index contributed by atoms with van der Waals surface area (Å²) in [6.45, 7) is 15.4. The molecule has 21 nitrogen and oxygen atoms in total. The summed E-state index contributed by atoms with van der Waals surface area (Å²) in [7, 11) is 0. The quantitative estimate of drug-likeness (QED) is 0.0315. The average Bonchev–Trinajstić information content (AvgIpc) is 3.25. The van der Waals surface area contributed by atoms with Gasteiger partial charge in [0.1, 0.15) is 18.2 Å². The van der Waals surface area contributed by atoms with Crippen molar-refractivity contribution in [3.05, 3.63) is 46.3 Å². The Morgan fingerprint density at radius 1 is 0.597 bits per heavy atom. The minimum atomic E-state index is -1.05. The number of rotatable bonds is 43. The maximum Gasteiger partial charge on any atom is 0.408 e. The lowest BCUT2D eigenvalue weighted by Gasteiger charge is -2.24. The standard InChI is InChI=1S/C41H71N5O16/c1-41(2,3)62-39(48)37(45-40(49)61-35-36-7-5-4-6-8-36)9-10-38(47)43-11-13-50-15-17-52-19-21-54-23-25-56-27-29-58-31-33-60-34-32-59-30-28-57-26-24-55-22-20-53-18-16-51-14-12-44-46-42/h4-8,37H,9-35H2,1-3H3,(H,43,47)(H,45,49)/t37-/m0/s1. The van der Waals surface area contributed by atoms with Gasteiger partial charge < -0.3 is 72.2 Å². The number of nitrogens with zero attached hydrogens (tertiary/aromatic N) is 3. The summed E-state index contributed by atoms with van der Waals surface area (Å²) < 4.78 is 70.5. The molecule has 2 N–H and O–H groups in total. The summed E-state index contributed by atoms with van der Waals surface area (Å²) in [5.74, 6) is -0.948. The Morgan fingerprint density at radius 3 is 1.37 bits per heavy atom. The molecule has 21 heteroatoms. The first-order valence-corrected chi connectivity index (χ1v) is 21.0. The fourth-order valence-electron chi connectivity index (χ4n) is 4.61. The predicted molar refractivity (Wildman–Crippen MR) is 225 cm³/mol. The number of nitrogens with one attached hydrogen (secondary N) is 2. The number of carbonyl (C=O) groups is 3. The van der Waals surface area contributed by atoms with E-state index in [4.69, 9.17) is 67.1 Å². The minimum absolute atomic E-state index is 0.0162. The molecule has 356 valence electrons. The fourth-order valence-corrected chi connectivity index (χ4v) is 4.61. The predicted octanol–water partition coefficient (Wildman–Crippen LogP) is 3.01. The van der Waals surface area contributed by atoms with Crippen molar-refractivity contribution in [2.24, 2.45) is 5.11 Å². The summed E-state index contributed by atoms with van der Waals surface area (Å²) >= 11 is 0. The van der Waals surface area contributed by atoms with Gasteiger partial charge in [0.05, 0.1) is 145 Å². The van der Waals surface area contributed by atoms with Crippen LogP contribution in [0.3, 0.4) is 0 Å². The largest absolute Gasteiger partial charge is 0.458 e. The second kappa shape index (κ2) is 41.3. The van der Waals surface area contributed by atoms with Gasteiger partial charge in [-0.3, -0.25) is 4.79 Å². The minimum Gasteiger partial charge on any atom is -0.458 e. The third-order valence-electron chi connectivity index (χ3n) is 7.54. The first kappa shape index (κ1) is 56.3. The monoisotopic (exact) mass is 889 g/mol. The molecule has 0 bridgehead atoms. The van der Waals surface area contributed by atoms with Crippen LogP contribution in [0, 0.1) is 0 Å². The number of esters is 1. The van der Waals surface area contributed by atoms with Crippen LogP contribution < -0.4 is 10.6 Å². The smallest absolute Gasteiger partial charge is 0.408 e. The maximum atomic E-state index is 12.7. The van der Waals surface area contributed by atoms with Crippen LogP contribution in [0.25, 0.3) is 10.4 Å². The van der Waals surface area contributed by atoms with E-state index in [0.717, 1.165) is 5.56 Å². The molecular formula is C41H71N5O16. The lowest BCUT2D eigenvalue weighted by atomic mass is 10.1. The molecule has 0 saturated carbocycles. The van der Waals surface area contributed by atoms with Crippen molar-refractivity contribution < 1.29 is 76.0 Å². The van der Waals surface area contributed by atoms with Gasteiger partial charge in [-0.2, -0.15) is 0 Å². The summed E-state index contributed by atoms with van der Waals surface area (Å²) in [4.78, 5) is 40.1. The highest BCUT2D eigenvalue weighted by molar-refractivity contribution is 5.83. The summed E-state index contributed by atoms with van der Waals surface area (Å²) in [5, 5.41) is 8.63. The van der Waals surface area contributed by atoms with Crippen LogP contribution in [0.1, 0.15) is 39.2 Å². The molecule has 0 radical (unpaired) electrons. The Kier molecular flexibility index (Phi) is 37.5. The molecule has 62 heavy (non-hydrogen) atoms. The number of ether oxygens (including phenoxy) is 13. The molecular weight excluding hydrogens is 818 g/mol. The molecule has 0 heterocycles. The number of hydrogen-bond donors (Lipinski definition) is 2. The highest BCUT2D eigenvalue weighted by Crippen LogP contribution is 2.11. The molecule has 0 aliphatic carbocycles. The van der Waals surface area contributed by atoms with E-state index < -0.39 is 23.7 Å². The van der Waals surface area contributed by atoms with Crippen LogP contribution in [0.2, 0.25) is 0 Å². The van der Waals surface area contributed by atoms with Crippen molar-refractivity contribution >= 4 is 18.0 Å². The van der Waals surface area contributed by atoms with Gasteiger partial charge >= 0.3 is 12.1 Å². The van der Waals surface area contributed by atoms with E-state index in [1.54, 1.807) is 20.8 Å². The Balaban J connectivity index is 1.83. The van der Waals surface area contributed by atoms with Gasteiger partial charge in [-0.1, -0.05) is 35.4 Å². The molecule has 1 aromatic carbocycles. The van der Waals surface area contributed by atoms with Crippen LogP contribution in [0.4, 0.5) is 4.79 Å². The second-order valence-corrected chi connectivity index (χ2v) is 13.9. The zero-order valence-corrected chi connectivity index (χ0v) is 36.9.